The Bertz CT molecular complexity index is 559. The van der Waals surface area contributed by atoms with Crippen LogP contribution in [0.15, 0.2) is 28.2 Å². The van der Waals surface area contributed by atoms with Crippen molar-refractivity contribution in [1.82, 2.24) is 10.2 Å². The first-order valence-corrected chi connectivity index (χ1v) is 6.50. The summed E-state index contributed by atoms with van der Waals surface area (Å²) in [6.45, 7) is 1.87. The first kappa shape index (κ1) is 12.1. The number of aromatic nitrogens is 2. The van der Waals surface area contributed by atoms with Gasteiger partial charge >= 0.3 is 0 Å². The van der Waals surface area contributed by atoms with Crippen LogP contribution in [-0.2, 0) is 4.79 Å². The maximum atomic E-state index is 11.6. The van der Waals surface area contributed by atoms with Crippen molar-refractivity contribution in [1.29, 1.82) is 0 Å². The average molecular weight is 312 g/mol. The van der Waals surface area contributed by atoms with Gasteiger partial charge in [-0.1, -0.05) is 0 Å². The second kappa shape index (κ2) is 5.29. The predicted octanol–water partition coefficient (Wildman–Crippen LogP) is 3.19. The third-order valence-electron chi connectivity index (χ3n) is 2.07. The van der Waals surface area contributed by atoms with Crippen molar-refractivity contribution in [2.24, 2.45) is 0 Å². The molecule has 0 aromatic carbocycles. The molecule has 0 spiro atoms. The minimum absolute atomic E-state index is 0.179. The smallest absolute Gasteiger partial charge is 0.249 e. The Kier molecular flexibility index (Phi) is 3.75. The Hall–Kier alpha value is -1.40. The van der Waals surface area contributed by atoms with Crippen LogP contribution in [0.3, 0.4) is 0 Å². The lowest BCUT2D eigenvalue weighted by Gasteiger charge is -1.98. The molecule has 0 saturated carbocycles. The van der Waals surface area contributed by atoms with Crippen LogP contribution in [-0.4, -0.2) is 16.1 Å². The maximum absolute atomic E-state index is 11.6. The number of nitrogens with one attached hydrogen (secondary N) is 2. The molecule has 0 saturated heterocycles. The molecule has 4 nitrogen and oxygen atoms in total. The number of aromatic amines is 1. The number of aryl methyl sites for hydroxylation is 1. The molecule has 1 amide bonds. The number of hydrogen-bond donors (Lipinski definition) is 2. The normalized spacial score (nSPS) is 10.9. The lowest BCUT2D eigenvalue weighted by Crippen LogP contribution is -2.08. The molecule has 0 radical (unpaired) electrons. The second-order valence-corrected chi connectivity index (χ2v) is 5.89. The van der Waals surface area contributed by atoms with Crippen LogP contribution < -0.4 is 5.32 Å². The highest BCUT2D eigenvalue weighted by atomic mass is 79.9. The summed E-state index contributed by atoms with van der Waals surface area (Å²) in [4.78, 5) is 12.6. The van der Waals surface area contributed by atoms with Crippen molar-refractivity contribution in [3.8, 4) is 0 Å². The van der Waals surface area contributed by atoms with E-state index in [1.54, 1.807) is 23.6 Å². The van der Waals surface area contributed by atoms with Crippen molar-refractivity contribution < 1.29 is 4.79 Å². The van der Waals surface area contributed by atoms with Gasteiger partial charge in [-0.15, -0.1) is 11.3 Å². The van der Waals surface area contributed by atoms with E-state index in [4.69, 9.17) is 0 Å². The van der Waals surface area contributed by atoms with Crippen LogP contribution in [0.4, 0.5) is 5.82 Å². The molecule has 0 fully saturated rings. The lowest BCUT2D eigenvalue weighted by molar-refractivity contribution is -0.111. The number of carbonyl (C=O) groups is 1. The number of hydrogen-bond acceptors (Lipinski definition) is 3. The molecule has 0 aliphatic carbocycles. The SMILES string of the molecule is Cc1cn[nH]c1NC(=O)/C=C/c1ccc(Br)s1. The van der Waals surface area contributed by atoms with Gasteiger partial charge in [0.15, 0.2) is 0 Å². The minimum atomic E-state index is -0.179. The summed E-state index contributed by atoms with van der Waals surface area (Å²) in [5, 5.41) is 9.26. The zero-order valence-corrected chi connectivity index (χ0v) is 11.4. The van der Waals surface area contributed by atoms with Gasteiger partial charge in [0.2, 0.25) is 5.91 Å². The monoisotopic (exact) mass is 311 g/mol. The topological polar surface area (TPSA) is 57.8 Å². The van der Waals surface area contributed by atoms with Crippen LogP contribution in [0.2, 0.25) is 0 Å². The molecule has 0 aliphatic rings. The molecule has 2 rings (SSSR count). The van der Waals surface area contributed by atoms with Gasteiger partial charge in [-0.2, -0.15) is 5.10 Å². The summed E-state index contributed by atoms with van der Waals surface area (Å²) in [6, 6.07) is 3.89. The minimum Gasteiger partial charge on any atom is -0.307 e. The van der Waals surface area contributed by atoms with E-state index >= 15 is 0 Å². The fourth-order valence-corrected chi connectivity index (χ4v) is 2.54. The Balaban J connectivity index is 1.98. The van der Waals surface area contributed by atoms with E-state index in [0.29, 0.717) is 5.82 Å². The Morgan fingerprint density at radius 3 is 3.00 bits per heavy atom. The summed E-state index contributed by atoms with van der Waals surface area (Å²) in [5.74, 6) is 0.453. The van der Waals surface area contributed by atoms with Crippen LogP contribution >= 0.6 is 27.3 Å². The van der Waals surface area contributed by atoms with Gasteiger partial charge in [0.1, 0.15) is 5.82 Å². The van der Waals surface area contributed by atoms with Gasteiger partial charge in [-0.3, -0.25) is 9.89 Å². The molecule has 17 heavy (non-hydrogen) atoms. The van der Waals surface area contributed by atoms with Crippen molar-refractivity contribution in [2.45, 2.75) is 6.92 Å². The molecule has 0 bridgehead atoms. The highest BCUT2D eigenvalue weighted by molar-refractivity contribution is 9.11. The molecular weight excluding hydrogens is 302 g/mol. The van der Waals surface area contributed by atoms with E-state index in [1.165, 1.54) is 6.08 Å². The number of amides is 1. The third kappa shape index (κ3) is 3.28. The summed E-state index contributed by atoms with van der Waals surface area (Å²) in [6.07, 6.45) is 4.94. The second-order valence-electron chi connectivity index (χ2n) is 3.39. The van der Waals surface area contributed by atoms with Crippen molar-refractivity contribution in [3.63, 3.8) is 0 Å². The maximum Gasteiger partial charge on any atom is 0.249 e. The van der Waals surface area contributed by atoms with E-state index in [0.717, 1.165) is 14.2 Å². The Morgan fingerprint density at radius 2 is 2.41 bits per heavy atom. The summed E-state index contributed by atoms with van der Waals surface area (Å²) in [5.41, 5.74) is 0.908. The molecule has 0 atom stereocenters. The summed E-state index contributed by atoms with van der Waals surface area (Å²) < 4.78 is 1.04. The van der Waals surface area contributed by atoms with Crippen LogP contribution in [0.5, 0.6) is 0 Å². The molecular formula is C11H10BrN3OS. The van der Waals surface area contributed by atoms with Crippen LogP contribution in [0.1, 0.15) is 10.4 Å². The van der Waals surface area contributed by atoms with Gasteiger partial charge in [0.25, 0.3) is 0 Å². The van der Waals surface area contributed by atoms with Gasteiger partial charge in [0, 0.05) is 16.5 Å². The van der Waals surface area contributed by atoms with E-state index in [-0.39, 0.29) is 5.91 Å². The number of H-pyrrole nitrogens is 1. The molecule has 2 heterocycles. The van der Waals surface area contributed by atoms with Crippen LogP contribution in [0.25, 0.3) is 6.08 Å². The van der Waals surface area contributed by atoms with E-state index in [2.05, 4.69) is 31.4 Å². The van der Waals surface area contributed by atoms with Gasteiger partial charge in [0.05, 0.1) is 9.98 Å². The standard InChI is InChI=1S/C11H10BrN3OS/c1-7-6-13-15-11(7)14-10(16)5-3-8-2-4-9(12)17-8/h2-6H,1H3,(H2,13,14,15,16)/b5-3+. The van der Waals surface area contributed by atoms with Crippen molar-refractivity contribution in [2.75, 3.05) is 5.32 Å². The zero-order chi connectivity index (χ0) is 12.3. The molecule has 2 aromatic heterocycles. The van der Waals surface area contributed by atoms with Gasteiger partial charge in [-0.25, -0.2) is 0 Å². The third-order valence-corrected chi connectivity index (χ3v) is 3.66. The first-order valence-electron chi connectivity index (χ1n) is 4.89. The van der Waals surface area contributed by atoms with Crippen LogP contribution in [0, 0.1) is 6.92 Å². The van der Waals surface area contributed by atoms with Gasteiger partial charge in [-0.05, 0) is 41.1 Å². The molecule has 0 aliphatic heterocycles. The Morgan fingerprint density at radius 1 is 1.59 bits per heavy atom. The number of halogens is 1. The molecule has 0 unspecified atom stereocenters. The quantitative estimate of drug-likeness (QED) is 0.855. The number of rotatable bonds is 3. The summed E-state index contributed by atoms with van der Waals surface area (Å²) in [7, 11) is 0. The average Bonchev–Trinajstić information content (AvgIpc) is 2.86. The molecule has 6 heteroatoms. The number of carbonyl (C=O) groups excluding carboxylic acids is 1. The highest BCUT2D eigenvalue weighted by Gasteiger charge is 2.02. The van der Waals surface area contributed by atoms with Crippen molar-refractivity contribution >= 4 is 45.1 Å². The predicted molar refractivity (Wildman–Crippen MR) is 73.0 cm³/mol. The van der Waals surface area contributed by atoms with Gasteiger partial charge < -0.3 is 5.32 Å². The van der Waals surface area contributed by atoms with Crippen molar-refractivity contribution in [3.05, 3.63) is 38.6 Å². The number of nitrogens with zero attached hydrogens (tertiary/aromatic N) is 1. The van der Waals surface area contributed by atoms with E-state index in [9.17, 15) is 4.79 Å². The largest absolute Gasteiger partial charge is 0.307 e. The highest BCUT2D eigenvalue weighted by Crippen LogP contribution is 2.23. The fraction of sp³-hybridized carbons (Fsp3) is 0.0909. The number of thiophene rings is 1. The molecule has 88 valence electrons. The van der Waals surface area contributed by atoms with E-state index in [1.807, 2.05) is 19.1 Å². The Labute approximate surface area is 111 Å². The lowest BCUT2D eigenvalue weighted by atomic mass is 10.3. The molecule has 2 aromatic rings. The van der Waals surface area contributed by atoms with E-state index < -0.39 is 0 Å². The first-order chi connectivity index (χ1) is 8.15. The zero-order valence-electron chi connectivity index (χ0n) is 9.03. The fourth-order valence-electron chi connectivity index (χ4n) is 1.21. The number of anilines is 1. The summed E-state index contributed by atoms with van der Waals surface area (Å²) >= 11 is 4.94. The molecule has 2 N–H and O–H groups in total.